The van der Waals surface area contributed by atoms with Crippen molar-refractivity contribution in [3.63, 3.8) is 0 Å². The van der Waals surface area contributed by atoms with E-state index in [0.29, 0.717) is 22.7 Å². The number of rotatable bonds is 8. The molecule has 1 N–H and O–H groups in total. The van der Waals surface area contributed by atoms with E-state index in [1.165, 1.54) is 24.3 Å². The number of carbonyl (C=O) groups is 1. The zero-order valence-corrected chi connectivity index (χ0v) is 14.3. The molecule has 0 spiro atoms. The summed E-state index contributed by atoms with van der Waals surface area (Å²) >= 11 is 5.79. The zero-order chi connectivity index (χ0) is 19.2. The predicted molar refractivity (Wildman–Crippen MR) is 89.7 cm³/mol. The Balaban J connectivity index is 1.82. The molecule has 0 fully saturated rings. The molecule has 8 heteroatoms. The highest BCUT2D eigenvalue weighted by Crippen LogP contribution is 2.23. The Bertz CT molecular complexity index is 721. The van der Waals surface area contributed by atoms with Gasteiger partial charge in [0.1, 0.15) is 6.61 Å². The van der Waals surface area contributed by atoms with Crippen LogP contribution >= 0.6 is 11.6 Å². The van der Waals surface area contributed by atoms with Crippen LogP contribution < -0.4 is 5.32 Å². The maximum absolute atomic E-state index is 12.7. The van der Waals surface area contributed by atoms with Crippen LogP contribution in [0.4, 0.5) is 17.6 Å². The summed E-state index contributed by atoms with van der Waals surface area (Å²) in [5.41, 5.74) is 1.75. The number of hydrogen-bond acceptors (Lipinski definition) is 2. The van der Waals surface area contributed by atoms with Crippen LogP contribution in [-0.2, 0) is 17.9 Å². The van der Waals surface area contributed by atoms with Gasteiger partial charge in [-0.2, -0.15) is 8.78 Å². The van der Waals surface area contributed by atoms with Crippen molar-refractivity contribution in [1.82, 2.24) is 5.32 Å². The molecule has 0 aliphatic rings. The Morgan fingerprint density at radius 3 is 2.19 bits per heavy atom. The summed E-state index contributed by atoms with van der Waals surface area (Å²) in [6.45, 7) is -1.30. The van der Waals surface area contributed by atoms with Crippen molar-refractivity contribution in [2.45, 2.75) is 25.5 Å². The van der Waals surface area contributed by atoms with Gasteiger partial charge in [0, 0.05) is 17.1 Å². The Morgan fingerprint density at radius 2 is 1.62 bits per heavy atom. The van der Waals surface area contributed by atoms with E-state index in [-0.39, 0.29) is 12.5 Å². The van der Waals surface area contributed by atoms with Gasteiger partial charge >= 0.3 is 12.3 Å². The molecule has 0 aromatic heterocycles. The molecule has 0 aliphatic carbocycles. The summed E-state index contributed by atoms with van der Waals surface area (Å²) in [6, 6.07) is 13.0. The molecule has 0 saturated heterocycles. The van der Waals surface area contributed by atoms with Crippen LogP contribution in [0.3, 0.4) is 0 Å². The van der Waals surface area contributed by atoms with Crippen molar-refractivity contribution in [1.29, 1.82) is 0 Å². The average molecular weight is 390 g/mol. The Labute approximate surface area is 152 Å². The highest BCUT2D eigenvalue weighted by Gasteiger charge is 2.40. The monoisotopic (exact) mass is 389 g/mol. The normalized spacial score (nSPS) is 11.6. The molecule has 0 saturated carbocycles. The number of hydrogen-bond donors (Lipinski definition) is 1. The number of benzene rings is 2. The van der Waals surface area contributed by atoms with Gasteiger partial charge in [-0.05, 0) is 35.4 Å². The molecule has 0 aliphatic heterocycles. The van der Waals surface area contributed by atoms with Gasteiger partial charge in [-0.3, -0.25) is 4.79 Å². The van der Waals surface area contributed by atoms with Crippen LogP contribution in [-0.4, -0.2) is 24.9 Å². The van der Waals surface area contributed by atoms with E-state index >= 15 is 0 Å². The number of halogens is 5. The second kappa shape index (κ2) is 9.00. The molecular weight excluding hydrogens is 374 g/mol. The van der Waals surface area contributed by atoms with Crippen molar-refractivity contribution in [3.8, 4) is 0 Å². The standard InChI is InChI=1S/C18H16ClF4NO2/c19-15-7-3-12(4-8-15)9-24-16(25)14-5-1-13(2-6-14)10-26-11-18(22,23)17(20)21/h1-8,17H,9-11H2,(H,24,25). The zero-order valence-electron chi connectivity index (χ0n) is 13.5. The number of amides is 1. The van der Waals surface area contributed by atoms with Crippen LogP contribution in [0.15, 0.2) is 48.5 Å². The Morgan fingerprint density at radius 1 is 1.04 bits per heavy atom. The summed E-state index contributed by atoms with van der Waals surface area (Å²) in [5, 5.41) is 3.34. The molecule has 140 valence electrons. The van der Waals surface area contributed by atoms with Gasteiger partial charge in [-0.25, -0.2) is 8.78 Å². The van der Waals surface area contributed by atoms with E-state index < -0.39 is 19.0 Å². The maximum atomic E-state index is 12.7. The van der Waals surface area contributed by atoms with E-state index in [0.717, 1.165) is 5.56 Å². The molecule has 0 heterocycles. The topological polar surface area (TPSA) is 38.3 Å². The third kappa shape index (κ3) is 6.00. The van der Waals surface area contributed by atoms with Crippen molar-refractivity contribution < 1.29 is 27.1 Å². The number of alkyl halides is 4. The van der Waals surface area contributed by atoms with Crippen LogP contribution in [0.5, 0.6) is 0 Å². The van der Waals surface area contributed by atoms with E-state index in [2.05, 4.69) is 10.1 Å². The van der Waals surface area contributed by atoms with Crippen LogP contribution in [0.1, 0.15) is 21.5 Å². The van der Waals surface area contributed by atoms with Crippen molar-refractivity contribution in [2.75, 3.05) is 6.61 Å². The second-order valence-electron chi connectivity index (χ2n) is 5.56. The quantitative estimate of drug-likeness (QED) is 0.665. The van der Waals surface area contributed by atoms with Crippen LogP contribution in [0, 0.1) is 0 Å². The van der Waals surface area contributed by atoms with Crippen molar-refractivity contribution >= 4 is 17.5 Å². The minimum atomic E-state index is -4.18. The summed E-state index contributed by atoms with van der Waals surface area (Å²) in [5.74, 6) is -4.49. The van der Waals surface area contributed by atoms with Crippen LogP contribution in [0.2, 0.25) is 5.02 Å². The van der Waals surface area contributed by atoms with Gasteiger partial charge in [-0.1, -0.05) is 35.9 Å². The Hall–Kier alpha value is -2.12. The molecule has 3 nitrogen and oxygen atoms in total. The van der Waals surface area contributed by atoms with Gasteiger partial charge in [0.25, 0.3) is 5.91 Å². The van der Waals surface area contributed by atoms with E-state index in [1.54, 1.807) is 24.3 Å². The third-order valence-corrected chi connectivity index (χ3v) is 3.72. The molecule has 0 atom stereocenters. The average Bonchev–Trinajstić information content (AvgIpc) is 2.61. The lowest BCUT2D eigenvalue weighted by Gasteiger charge is -2.15. The lowest BCUT2D eigenvalue weighted by atomic mass is 10.1. The van der Waals surface area contributed by atoms with E-state index in [1.807, 2.05) is 0 Å². The SMILES string of the molecule is O=C(NCc1ccc(Cl)cc1)c1ccc(COCC(F)(F)C(F)F)cc1. The Kier molecular flexibility index (Phi) is 6.99. The first-order valence-electron chi connectivity index (χ1n) is 7.63. The molecular formula is C18H16ClF4NO2. The summed E-state index contributed by atoms with van der Waals surface area (Å²) in [6.07, 6.45) is -3.77. The summed E-state index contributed by atoms with van der Waals surface area (Å²) in [7, 11) is 0. The molecule has 2 aromatic rings. The highest BCUT2D eigenvalue weighted by molar-refractivity contribution is 6.30. The lowest BCUT2D eigenvalue weighted by Crippen LogP contribution is -2.32. The molecule has 26 heavy (non-hydrogen) atoms. The van der Waals surface area contributed by atoms with Gasteiger partial charge in [0.15, 0.2) is 0 Å². The first-order chi connectivity index (χ1) is 12.3. The number of ether oxygens (including phenoxy) is 1. The fraction of sp³-hybridized carbons (Fsp3) is 0.278. The third-order valence-electron chi connectivity index (χ3n) is 3.46. The van der Waals surface area contributed by atoms with Crippen molar-refractivity contribution in [3.05, 3.63) is 70.2 Å². The van der Waals surface area contributed by atoms with Crippen LogP contribution in [0.25, 0.3) is 0 Å². The number of nitrogens with one attached hydrogen (secondary N) is 1. The molecule has 0 unspecified atom stereocenters. The minimum absolute atomic E-state index is 0.255. The van der Waals surface area contributed by atoms with Gasteiger partial charge in [0.05, 0.1) is 6.61 Å². The van der Waals surface area contributed by atoms with Gasteiger partial charge < -0.3 is 10.1 Å². The second-order valence-corrected chi connectivity index (χ2v) is 6.00. The molecule has 0 bridgehead atoms. The fourth-order valence-electron chi connectivity index (χ4n) is 2.01. The summed E-state index contributed by atoms with van der Waals surface area (Å²) < 4.78 is 54.1. The lowest BCUT2D eigenvalue weighted by molar-refractivity contribution is -0.168. The molecule has 2 rings (SSSR count). The smallest absolute Gasteiger partial charge is 0.330 e. The van der Waals surface area contributed by atoms with Gasteiger partial charge in [-0.15, -0.1) is 0 Å². The molecule has 2 aromatic carbocycles. The highest BCUT2D eigenvalue weighted by atomic mass is 35.5. The molecule has 0 radical (unpaired) electrons. The van der Waals surface area contributed by atoms with Crippen molar-refractivity contribution in [2.24, 2.45) is 0 Å². The largest absolute Gasteiger partial charge is 0.370 e. The van der Waals surface area contributed by atoms with E-state index in [4.69, 9.17) is 11.6 Å². The number of carbonyl (C=O) groups excluding carboxylic acids is 1. The minimum Gasteiger partial charge on any atom is -0.370 e. The first kappa shape index (κ1) is 20.2. The first-order valence-corrected chi connectivity index (χ1v) is 8.01. The van der Waals surface area contributed by atoms with E-state index in [9.17, 15) is 22.4 Å². The predicted octanol–water partition coefficient (Wildman–Crippen LogP) is 4.69. The fourth-order valence-corrected chi connectivity index (χ4v) is 2.13. The van der Waals surface area contributed by atoms with Gasteiger partial charge in [0.2, 0.25) is 0 Å². The maximum Gasteiger partial charge on any atom is 0.330 e. The molecule has 1 amide bonds. The summed E-state index contributed by atoms with van der Waals surface area (Å²) in [4.78, 5) is 12.1.